The minimum atomic E-state index is -0.394. The molecule has 2 aromatic carbocycles. The molecule has 0 heterocycles. The highest BCUT2D eigenvalue weighted by Crippen LogP contribution is 2.12. The first-order valence-electron chi connectivity index (χ1n) is 9.07. The third-order valence-electron chi connectivity index (χ3n) is 3.99. The van der Waals surface area contributed by atoms with Crippen LogP contribution in [0.2, 0.25) is 5.02 Å². The first kappa shape index (κ1) is 21.4. The summed E-state index contributed by atoms with van der Waals surface area (Å²) in [6.07, 6.45) is 0.709. The van der Waals surface area contributed by atoms with Crippen LogP contribution in [0.4, 0.5) is 5.69 Å². The van der Waals surface area contributed by atoms with Crippen LogP contribution in [-0.4, -0.2) is 42.3 Å². The number of aryl methyl sites for hydroxylation is 1. The van der Waals surface area contributed by atoms with E-state index in [1.807, 2.05) is 26.0 Å². The van der Waals surface area contributed by atoms with Gasteiger partial charge in [-0.15, -0.1) is 0 Å². The molecule has 0 saturated heterocycles. The van der Waals surface area contributed by atoms with Gasteiger partial charge in [0, 0.05) is 22.8 Å². The number of nitrogens with one attached hydrogen (secondary N) is 2. The Morgan fingerprint density at radius 3 is 2.21 bits per heavy atom. The Bertz CT molecular complexity index is 820. The molecular weight excluding hydrogens is 378 g/mol. The third-order valence-corrected chi connectivity index (χ3v) is 4.24. The highest BCUT2D eigenvalue weighted by atomic mass is 35.5. The van der Waals surface area contributed by atoms with E-state index in [1.54, 1.807) is 36.4 Å². The largest absolute Gasteiger partial charge is 0.345 e. The van der Waals surface area contributed by atoms with Crippen LogP contribution in [0.25, 0.3) is 0 Å². The topological polar surface area (TPSA) is 78.5 Å². The molecule has 3 amide bonds. The number of hydrogen-bond donors (Lipinski definition) is 2. The SMILES string of the molecule is CCCN(CC(=O)NCC(=O)Nc1ccc(C)cc1)C(=O)c1ccc(Cl)cc1. The van der Waals surface area contributed by atoms with Gasteiger partial charge in [-0.2, -0.15) is 0 Å². The van der Waals surface area contributed by atoms with Crippen molar-refractivity contribution in [2.45, 2.75) is 20.3 Å². The van der Waals surface area contributed by atoms with Crippen LogP contribution in [0, 0.1) is 6.92 Å². The molecule has 0 aliphatic heterocycles. The smallest absolute Gasteiger partial charge is 0.254 e. The molecule has 28 heavy (non-hydrogen) atoms. The van der Waals surface area contributed by atoms with E-state index in [0.717, 1.165) is 5.56 Å². The van der Waals surface area contributed by atoms with Crippen molar-refractivity contribution in [1.29, 1.82) is 0 Å². The lowest BCUT2D eigenvalue weighted by Crippen LogP contribution is -2.43. The van der Waals surface area contributed by atoms with Crippen LogP contribution in [0.5, 0.6) is 0 Å². The molecular formula is C21H24ClN3O3. The van der Waals surface area contributed by atoms with E-state index in [1.165, 1.54) is 4.90 Å². The van der Waals surface area contributed by atoms with Gasteiger partial charge in [-0.05, 0) is 49.7 Å². The molecule has 0 fully saturated rings. The van der Waals surface area contributed by atoms with E-state index in [0.29, 0.717) is 29.2 Å². The molecule has 0 aromatic heterocycles. The molecule has 0 aliphatic carbocycles. The second-order valence-electron chi connectivity index (χ2n) is 6.42. The van der Waals surface area contributed by atoms with Gasteiger partial charge < -0.3 is 15.5 Å². The van der Waals surface area contributed by atoms with E-state index in [4.69, 9.17) is 11.6 Å². The molecule has 2 aromatic rings. The van der Waals surface area contributed by atoms with E-state index in [9.17, 15) is 14.4 Å². The van der Waals surface area contributed by atoms with Crippen LogP contribution in [0.15, 0.2) is 48.5 Å². The number of carbonyl (C=O) groups is 3. The van der Waals surface area contributed by atoms with Gasteiger partial charge in [0.25, 0.3) is 5.91 Å². The second kappa shape index (κ2) is 10.5. The van der Waals surface area contributed by atoms with Crippen molar-refractivity contribution in [3.8, 4) is 0 Å². The van der Waals surface area contributed by atoms with E-state index < -0.39 is 5.91 Å². The predicted octanol–water partition coefficient (Wildman–Crippen LogP) is 3.26. The van der Waals surface area contributed by atoms with Crippen LogP contribution in [-0.2, 0) is 9.59 Å². The van der Waals surface area contributed by atoms with Crippen LogP contribution in [0.3, 0.4) is 0 Å². The Hall–Kier alpha value is -2.86. The summed E-state index contributed by atoms with van der Waals surface area (Å²) in [5.41, 5.74) is 2.21. The summed E-state index contributed by atoms with van der Waals surface area (Å²) in [7, 11) is 0. The van der Waals surface area contributed by atoms with Crippen molar-refractivity contribution in [3.63, 3.8) is 0 Å². The van der Waals surface area contributed by atoms with Crippen LogP contribution in [0.1, 0.15) is 29.3 Å². The average Bonchev–Trinajstić information content (AvgIpc) is 2.68. The number of halogens is 1. The molecule has 0 unspecified atom stereocenters. The molecule has 0 aliphatic rings. The Morgan fingerprint density at radius 1 is 0.964 bits per heavy atom. The number of hydrogen-bond acceptors (Lipinski definition) is 3. The first-order valence-corrected chi connectivity index (χ1v) is 9.45. The van der Waals surface area contributed by atoms with Crippen molar-refractivity contribution < 1.29 is 14.4 Å². The lowest BCUT2D eigenvalue weighted by Gasteiger charge is -2.21. The molecule has 2 rings (SSSR count). The van der Waals surface area contributed by atoms with Crippen molar-refractivity contribution >= 4 is 35.0 Å². The van der Waals surface area contributed by atoms with Crippen molar-refractivity contribution in [1.82, 2.24) is 10.2 Å². The number of rotatable bonds is 8. The molecule has 0 spiro atoms. The standard InChI is InChI=1S/C21H24ClN3O3/c1-3-12-25(21(28)16-6-8-17(22)9-7-16)14-20(27)23-13-19(26)24-18-10-4-15(2)5-11-18/h4-11H,3,12-14H2,1-2H3,(H,23,27)(H,24,26). The third kappa shape index (κ3) is 6.70. The normalized spacial score (nSPS) is 10.2. The highest BCUT2D eigenvalue weighted by molar-refractivity contribution is 6.30. The molecule has 2 N–H and O–H groups in total. The predicted molar refractivity (Wildman–Crippen MR) is 110 cm³/mol. The quantitative estimate of drug-likeness (QED) is 0.712. The Kier molecular flexibility index (Phi) is 8.02. The zero-order chi connectivity index (χ0) is 20.5. The molecule has 6 nitrogen and oxygen atoms in total. The average molecular weight is 402 g/mol. The van der Waals surface area contributed by atoms with Gasteiger partial charge in [-0.3, -0.25) is 14.4 Å². The molecule has 0 bridgehead atoms. The minimum absolute atomic E-state index is 0.118. The molecule has 7 heteroatoms. The summed E-state index contributed by atoms with van der Waals surface area (Å²) in [4.78, 5) is 38.3. The Morgan fingerprint density at radius 2 is 1.61 bits per heavy atom. The van der Waals surface area contributed by atoms with Crippen LogP contribution >= 0.6 is 11.6 Å². The Balaban J connectivity index is 1.87. The summed E-state index contributed by atoms with van der Waals surface area (Å²) < 4.78 is 0. The van der Waals surface area contributed by atoms with E-state index in [2.05, 4.69) is 10.6 Å². The summed E-state index contributed by atoms with van der Waals surface area (Å²) in [6, 6.07) is 13.9. The summed E-state index contributed by atoms with van der Waals surface area (Å²) in [5, 5.41) is 5.80. The van der Waals surface area contributed by atoms with Gasteiger partial charge in [-0.25, -0.2) is 0 Å². The number of carbonyl (C=O) groups excluding carboxylic acids is 3. The molecule has 0 atom stereocenters. The van der Waals surface area contributed by atoms with Crippen molar-refractivity contribution in [2.24, 2.45) is 0 Å². The lowest BCUT2D eigenvalue weighted by molar-refractivity contribution is -0.124. The fourth-order valence-corrected chi connectivity index (χ4v) is 2.67. The number of nitrogens with zero attached hydrogens (tertiary/aromatic N) is 1. The summed E-state index contributed by atoms with van der Waals surface area (Å²) in [6.45, 7) is 4.04. The molecule has 0 radical (unpaired) electrons. The monoisotopic (exact) mass is 401 g/mol. The second-order valence-corrected chi connectivity index (χ2v) is 6.86. The number of benzene rings is 2. The van der Waals surface area contributed by atoms with E-state index in [-0.39, 0.29) is 24.9 Å². The zero-order valence-electron chi connectivity index (χ0n) is 16.0. The maximum absolute atomic E-state index is 12.6. The summed E-state index contributed by atoms with van der Waals surface area (Å²) >= 11 is 5.85. The summed E-state index contributed by atoms with van der Waals surface area (Å²) in [5.74, 6) is -0.976. The first-order chi connectivity index (χ1) is 13.4. The van der Waals surface area contributed by atoms with Crippen LogP contribution < -0.4 is 10.6 Å². The zero-order valence-corrected chi connectivity index (χ0v) is 16.8. The Labute approximate surface area is 169 Å². The van der Waals surface area contributed by atoms with Crippen molar-refractivity contribution in [2.75, 3.05) is 25.0 Å². The van der Waals surface area contributed by atoms with Gasteiger partial charge in [-0.1, -0.05) is 36.2 Å². The van der Waals surface area contributed by atoms with Gasteiger partial charge >= 0.3 is 0 Å². The van der Waals surface area contributed by atoms with Gasteiger partial charge in [0.05, 0.1) is 13.1 Å². The van der Waals surface area contributed by atoms with Gasteiger partial charge in [0.1, 0.15) is 0 Å². The number of anilines is 1. The van der Waals surface area contributed by atoms with Crippen molar-refractivity contribution in [3.05, 3.63) is 64.7 Å². The fraction of sp³-hybridized carbons (Fsp3) is 0.286. The highest BCUT2D eigenvalue weighted by Gasteiger charge is 2.18. The maximum Gasteiger partial charge on any atom is 0.254 e. The molecule has 148 valence electrons. The maximum atomic E-state index is 12.6. The van der Waals surface area contributed by atoms with Gasteiger partial charge in [0.2, 0.25) is 11.8 Å². The van der Waals surface area contributed by atoms with E-state index >= 15 is 0 Å². The minimum Gasteiger partial charge on any atom is -0.345 e. The fourth-order valence-electron chi connectivity index (χ4n) is 2.55. The lowest BCUT2D eigenvalue weighted by atomic mass is 10.2. The number of amides is 3. The molecule has 0 saturated carbocycles. The van der Waals surface area contributed by atoms with Gasteiger partial charge in [0.15, 0.2) is 0 Å².